The number of hydrogen-bond donors (Lipinski definition) is 2. The number of aryl methyl sites for hydroxylation is 1. The Morgan fingerprint density at radius 2 is 2.33 bits per heavy atom. The summed E-state index contributed by atoms with van der Waals surface area (Å²) >= 11 is 0. The van der Waals surface area contributed by atoms with Gasteiger partial charge in [0.25, 0.3) is 5.91 Å². The largest absolute Gasteiger partial charge is 0.351 e. The van der Waals surface area contributed by atoms with Gasteiger partial charge in [0.2, 0.25) is 11.4 Å². The highest BCUT2D eigenvalue weighted by atomic mass is 16.5. The molecule has 1 amide bonds. The molecule has 7 heteroatoms. The molecule has 2 rings (SSSR count). The van der Waals surface area contributed by atoms with Gasteiger partial charge < -0.3 is 14.8 Å². The number of H-pyrrole nitrogens is 1. The van der Waals surface area contributed by atoms with E-state index in [1.165, 1.54) is 18.3 Å². The van der Waals surface area contributed by atoms with Gasteiger partial charge >= 0.3 is 0 Å². The molecule has 2 N–H and O–H groups in total. The van der Waals surface area contributed by atoms with Gasteiger partial charge in [-0.1, -0.05) is 5.16 Å². The van der Waals surface area contributed by atoms with Crippen molar-refractivity contribution in [1.82, 2.24) is 20.4 Å². The third kappa shape index (κ3) is 3.03. The summed E-state index contributed by atoms with van der Waals surface area (Å²) in [5, 5.41) is 6.33. The highest BCUT2D eigenvalue weighted by Crippen LogP contribution is 1.97. The molecular weight excluding hydrogens is 236 g/mol. The Morgan fingerprint density at radius 3 is 2.94 bits per heavy atom. The van der Waals surface area contributed by atoms with Gasteiger partial charge in [0.1, 0.15) is 0 Å². The van der Waals surface area contributed by atoms with Crippen LogP contribution < -0.4 is 10.9 Å². The topological polar surface area (TPSA) is 101 Å². The Morgan fingerprint density at radius 1 is 1.50 bits per heavy atom. The van der Waals surface area contributed by atoms with Crippen molar-refractivity contribution in [3.63, 3.8) is 0 Å². The number of aromatic nitrogens is 3. The minimum Gasteiger partial charge on any atom is -0.351 e. The molecule has 2 aromatic rings. The Hall–Kier alpha value is -2.44. The zero-order chi connectivity index (χ0) is 13.0. The highest BCUT2D eigenvalue weighted by Gasteiger charge is 2.06. The van der Waals surface area contributed by atoms with Crippen molar-refractivity contribution in [2.24, 2.45) is 0 Å². The predicted molar refractivity (Wildman–Crippen MR) is 62.1 cm³/mol. The van der Waals surface area contributed by atoms with Crippen LogP contribution in [-0.4, -0.2) is 27.6 Å². The molecule has 0 atom stereocenters. The lowest BCUT2D eigenvalue weighted by molar-refractivity contribution is 0.0953. The lowest BCUT2D eigenvalue weighted by Gasteiger charge is -2.02. The second-order valence-corrected chi connectivity index (χ2v) is 3.68. The van der Waals surface area contributed by atoms with E-state index in [1.54, 1.807) is 6.92 Å². The summed E-state index contributed by atoms with van der Waals surface area (Å²) in [5.41, 5.74) is 0.157. The maximum atomic E-state index is 11.7. The summed E-state index contributed by atoms with van der Waals surface area (Å²) in [6, 6.07) is 2.77. The van der Waals surface area contributed by atoms with Crippen LogP contribution in [0.25, 0.3) is 0 Å². The summed E-state index contributed by atoms with van der Waals surface area (Å²) in [5.74, 6) is 0.786. The van der Waals surface area contributed by atoms with Crippen molar-refractivity contribution in [2.75, 3.05) is 6.54 Å². The Balaban J connectivity index is 1.85. The first-order valence-corrected chi connectivity index (χ1v) is 5.41. The predicted octanol–water partition coefficient (Wildman–Crippen LogP) is 0.0388. The molecule has 2 heterocycles. The van der Waals surface area contributed by atoms with Gasteiger partial charge in [0, 0.05) is 25.2 Å². The summed E-state index contributed by atoms with van der Waals surface area (Å²) in [7, 11) is 0. The van der Waals surface area contributed by atoms with E-state index in [2.05, 4.69) is 20.4 Å². The van der Waals surface area contributed by atoms with Crippen LogP contribution in [0.2, 0.25) is 0 Å². The lowest BCUT2D eigenvalue weighted by atomic mass is 10.2. The van der Waals surface area contributed by atoms with Crippen molar-refractivity contribution in [3.05, 3.63) is 46.0 Å². The zero-order valence-electron chi connectivity index (χ0n) is 9.77. The molecule has 18 heavy (non-hydrogen) atoms. The smallest absolute Gasteiger partial charge is 0.252 e. The Kier molecular flexibility index (Phi) is 3.52. The van der Waals surface area contributed by atoms with E-state index >= 15 is 0 Å². The molecule has 2 aromatic heterocycles. The number of hydrogen-bond acceptors (Lipinski definition) is 5. The Labute approximate surface area is 102 Å². The van der Waals surface area contributed by atoms with Crippen LogP contribution in [0.5, 0.6) is 0 Å². The molecule has 0 spiro atoms. The van der Waals surface area contributed by atoms with E-state index in [0.717, 1.165) is 0 Å². The second kappa shape index (κ2) is 5.26. The number of nitrogens with one attached hydrogen (secondary N) is 2. The molecule has 0 aliphatic rings. The van der Waals surface area contributed by atoms with Gasteiger partial charge in [0.05, 0.1) is 5.56 Å². The summed E-state index contributed by atoms with van der Waals surface area (Å²) < 4.78 is 4.91. The van der Waals surface area contributed by atoms with E-state index in [9.17, 15) is 9.59 Å². The minimum absolute atomic E-state index is 0.243. The van der Waals surface area contributed by atoms with Gasteiger partial charge in [-0.15, -0.1) is 0 Å². The Bertz CT molecular complexity index is 582. The molecule has 0 bridgehead atoms. The zero-order valence-corrected chi connectivity index (χ0v) is 9.77. The van der Waals surface area contributed by atoms with E-state index < -0.39 is 0 Å². The number of carbonyl (C=O) groups excluding carboxylic acids is 1. The maximum Gasteiger partial charge on any atom is 0.252 e. The van der Waals surface area contributed by atoms with Crippen LogP contribution in [-0.2, 0) is 6.42 Å². The van der Waals surface area contributed by atoms with Gasteiger partial charge in [-0.3, -0.25) is 9.59 Å². The van der Waals surface area contributed by atoms with Crippen molar-refractivity contribution in [3.8, 4) is 0 Å². The first kappa shape index (κ1) is 12.0. The van der Waals surface area contributed by atoms with E-state index in [4.69, 9.17) is 4.52 Å². The van der Waals surface area contributed by atoms with Gasteiger partial charge in [-0.05, 0) is 13.0 Å². The third-order valence-electron chi connectivity index (χ3n) is 2.24. The van der Waals surface area contributed by atoms with Crippen molar-refractivity contribution < 1.29 is 9.32 Å². The number of pyridine rings is 1. The molecule has 7 nitrogen and oxygen atoms in total. The fourth-order valence-electron chi connectivity index (χ4n) is 1.38. The molecule has 0 aromatic carbocycles. The minimum atomic E-state index is -0.262. The fraction of sp³-hybridized carbons (Fsp3) is 0.273. The lowest BCUT2D eigenvalue weighted by Crippen LogP contribution is -2.26. The summed E-state index contributed by atoms with van der Waals surface area (Å²) in [6.07, 6.45) is 1.84. The average Bonchev–Trinajstić information content (AvgIpc) is 2.76. The van der Waals surface area contributed by atoms with Crippen molar-refractivity contribution in [1.29, 1.82) is 0 Å². The average molecular weight is 248 g/mol. The number of amides is 1. The second-order valence-electron chi connectivity index (χ2n) is 3.68. The molecule has 0 unspecified atom stereocenters. The molecule has 94 valence electrons. The van der Waals surface area contributed by atoms with Gasteiger partial charge in [-0.2, -0.15) is 4.98 Å². The SMILES string of the molecule is Cc1noc(CCNC(=O)c2ccc(=O)[nH]c2)n1. The van der Waals surface area contributed by atoms with Crippen molar-refractivity contribution in [2.45, 2.75) is 13.3 Å². The van der Waals surface area contributed by atoms with Crippen LogP contribution >= 0.6 is 0 Å². The number of aromatic amines is 1. The first-order chi connectivity index (χ1) is 8.65. The number of nitrogens with zero attached hydrogens (tertiary/aromatic N) is 2. The van der Waals surface area contributed by atoms with Gasteiger partial charge in [0.15, 0.2) is 5.82 Å². The fourth-order valence-corrected chi connectivity index (χ4v) is 1.38. The molecular formula is C11H12N4O3. The standard InChI is InChI=1S/C11H12N4O3/c1-7-14-10(18-15-7)4-5-12-11(17)8-2-3-9(16)13-6-8/h2-3,6H,4-5H2,1H3,(H,12,17)(H,13,16). The number of carbonyl (C=O) groups is 1. The number of rotatable bonds is 4. The molecule has 0 saturated heterocycles. The quantitative estimate of drug-likeness (QED) is 0.795. The van der Waals surface area contributed by atoms with Crippen LogP contribution in [0.3, 0.4) is 0 Å². The van der Waals surface area contributed by atoms with Crippen LogP contribution in [0.1, 0.15) is 22.1 Å². The van der Waals surface area contributed by atoms with Crippen LogP contribution in [0.4, 0.5) is 0 Å². The molecule has 0 fully saturated rings. The van der Waals surface area contributed by atoms with E-state index in [1.807, 2.05) is 0 Å². The first-order valence-electron chi connectivity index (χ1n) is 5.41. The van der Waals surface area contributed by atoms with Crippen LogP contribution in [0, 0.1) is 6.92 Å². The summed E-state index contributed by atoms with van der Waals surface area (Å²) in [4.78, 5) is 28.9. The van der Waals surface area contributed by atoms with Gasteiger partial charge in [-0.25, -0.2) is 0 Å². The molecule has 0 saturated carbocycles. The normalized spacial score (nSPS) is 10.3. The van der Waals surface area contributed by atoms with E-state index in [0.29, 0.717) is 30.2 Å². The van der Waals surface area contributed by atoms with E-state index in [-0.39, 0.29) is 11.5 Å². The van der Waals surface area contributed by atoms with Crippen molar-refractivity contribution >= 4 is 5.91 Å². The maximum absolute atomic E-state index is 11.7. The molecule has 0 aliphatic heterocycles. The van der Waals surface area contributed by atoms with Crippen LogP contribution in [0.15, 0.2) is 27.6 Å². The monoisotopic (exact) mass is 248 g/mol. The molecule has 0 aliphatic carbocycles. The summed E-state index contributed by atoms with van der Waals surface area (Å²) in [6.45, 7) is 2.12. The molecule has 0 radical (unpaired) electrons. The third-order valence-corrected chi connectivity index (χ3v) is 2.24. The highest BCUT2D eigenvalue weighted by molar-refractivity contribution is 5.93.